The third-order valence-corrected chi connectivity index (χ3v) is 4.05. The number of rotatable bonds is 2. The minimum atomic E-state index is 0.514. The molecule has 4 heteroatoms. The first-order valence-electron chi connectivity index (χ1n) is 6.89. The molecule has 0 radical (unpaired) electrons. The second kappa shape index (κ2) is 4.40. The molecule has 3 aromatic rings. The number of hydrogen-bond donors (Lipinski definition) is 2. The summed E-state index contributed by atoms with van der Waals surface area (Å²) in [4.78, 5) is 0. The second-order valence-electron chi connectivity index (χ2n) is 5.66. The number of aryl methyl sites for hydroxylation is 1. The van der Waals surface area contributed by atoms with Gasteiger partial charge in [-0.05, 0) is 30.5 Å². The normalized spacial score (nSPS) is 11.7. The van der Waals surface area contributed by atoms with Crippen molar-refractivity contribution < 1.29 is 0 Å². The number of fused-ring (bicyclic) bond motifs is 1. The number of nitrogens with one attached hydrogen (secondary N) is 1. The van der Waals surface area contributed by atoms with Gasteiger partial charge in [0.1, 0.15) is 5.82 Å². The maximum Gasteiger partial charge on any atom is 0.145 e. The molecule has 0 fully saturated rings. The van der Waals surface area contributed by atoms with Crippen molar-refractivity contribution in [1.82, 2.24) is 14.8 Å². The summed E-state index contributed by atoms with van der Waals surface area (Å²) in [6.07, 6.45) is 0. The number of anilines is 1. The van der Waals surface area contributed by atoms with Crippen molar-refractivity contribution in [3.8, 4) is 11.3 Å². The van der Waals surface area contributed by atoms with Gasteiger partial charge in [0, 0.05) is 35.3 Å². The summed E-state index contributed by atoms with van der Waals surface area (Å²) in [7, 11) is 2.09. The maximum absolute atomic E-state index is 5.75. The summed E-state index contributed by atoms with van der Waals surface area (Å²) in [6.45, 7) is 6.55. The van der Waals surface area contributed by atoms with E-state index in [1.165, 1.54) is 27.7 Å². The first kappa shape index (κ1) is 12.8. The van der Waals surface area contributed by atoms with Crippen molar-refractivity contribution in [2.24, 2.45) is 7.05 Å². The minimum absolute atomic E-state index is 0.514. The molecular formula is C16H20N4. The second-order valence-corrected chi connectivity index (χ2v) is 5.66. The topological polar surface area (TPSA) is 59.6 Å². The number of aromatic amines is 1. The molecular weight excluding hydrogens is 248 g/mol. The molecule has 0 bridgehead atoms. The fourth-order valence-corrected chi connectivity index (χ4v) is 2.75. The van der Waals surface area contributed by atoms with E-state index in [1.54, 1.807) is 0 Å². The molecule has 0 saturated heterocycles. The summed E-state index contributed by atoms with van der Waals surface area (Å²) in [5.74, 6) is 1.04. The average Bonchev–Trinajstić information content (AvgIpc) is 2.93. The van der Waals surface area contributed by atoms with Gasteiger partial charge in [-0.15, -0.1) is 0 Å². The van der Waals surface area contributed by atoms with Crippen molar-refractivity contribution in [3.63, 3.8) is 0 Å². The van der Waals surface area contributed by atoms with Gasteiger partial charge in [-0.2, -0.15) is 5.10 Å². The van der Waals surface area contributed by atoms with Crippen LogP contribution in [0.15, 0.2) is 24.3 Å². The van der Waals surface area contributed by atoms with E-state index in [0.717, 1.165) is 5.69 Å². The standard InChI is InChI=1S/C16H20N4/c1-9(2)11-5-6-14-12(7-11)16(10(3)20(14)4)13-8-15(17)19-18-13/h5-9H,1-4H3,(H3,17,18,19). The Labute approximate surface area is 118 Å². The quantitative estimate of drug-likeness (QED) is 0.746. The Kier molecular flexibility index (Phi) is 2.82. The molecule has 2 heterocycles. The molecule has 3 N–H and O–H groups in total. The smallest absolute Gasteiger partial charge is 0.145 e. The lowest BCUT2D eigenvalue weighted by Crippen LogP contribution is -1.91. The van der Waals surface area contributed by atoms with Gasteiger partial charge in [-0.25, -0.2) is 0 Å². The lowest BCUT2D eigenvalue weighted by atomic mass is 9.99. The SMILES string of the molecule is Cc1c(-c2cc(N)n[nH]2)c2cc(C(C)C)ccc2n1C. The molecule has 0 saturated carbocycles. The minimum Gasteiger partial charge on any atom is -0.382 e. The summed E-state index contributed by atoms with van der Waals surface area (Å²) in [6, 6.07) is 8.57. The Hall–Kier alpha value is -2.23. The van der Waals surface area contributed by atoms with Crippen molar-refractivity contribution >= 4 is 16.7 Å². The van der Waals surface area contributed by atoms with Gasteiger partial charge in [0.25, 0.3) is 0 Å². The van der Waals surface area contributed by atoms with E-state index >= 15 is 0 Å². The molecule has 0 spiro atoms. The molecule has 2 aromatic heterocycles. The number of benzene rings is 1. The van der Waals surface area contributed by atoms with E-state index in [4.69, 9.17) is 5.73 Å². The number of nitrogen functional groups attached to an aromatic ring is 1. The summed E-state index contributed by atoms with van der Waals surface area (Å²) in [5, 5.41) is 8.33. The van der Waals surface area contributed by atoms with E-state index < -0.39 is 0 Å². The number of nitrogens with zero attached hydrogens (tertiary/aromatic N) is 2. The number of aromatic nitrogens is 3. The molecule has 1 aromatic carbocycles. The largest absolute Gasteiger partial charge is 0.382 e. The molecule has 0 aliphatic heterocycles. The van der Waals surface area contributed by atoms with Crippen LogP contribution in [-0.2, 0) is 7.05 Å². The molecule has 0 amide bonds. The van der Waals surface area contributed by atoms with Crippen LogP contribution in [-0.4, -0.2) is 14.8 Å². The molecule has 20 heavy (non-hydrogen) atoms. The first-order chi connectivity index (χ1) is 9.49. The molecule has 0 aliphatic carbocycles. The highest BCUT2D eigenvalue weighted by atomic mass is 15.2. The number of hydrogen-bond acceptors (Lipinski definition) is 2. The van der Waals surface area contributed by atoms with Crippen LogP contribution in [0.2, 0.25) is 0 Å². The van der Waals surface area contributed by atoms with Crippen molar-refractivity contribution in [2.75, 3.05) is 5.73 Å². The average molecular weight is 268 g/mol. The van der Waals surface area contributed by atoms with Crippen molar-refractivity contribution in [1.29, 1.82) is 0 Å². The van der Waals surface area contributed by atoms with Crippen LogP contribution in [0, 0.1) is 6.92 Å². The molecule has 4 nitrogen and oxygen atoms in total. The van der Waals surface area contributed by atoms with Crippen molar-refractivity contribution in [3.05, 3.63) is 35.5 Å². The monoisotopic (exact) mass is 268 g/mol. The van der Waals surface area contributed by atoms with E-state index in [0.29, 0.717) is 11.7 Å². The van der Waals surface area contributed by atoms with Gasteiger partial charge >= 0.3 is 0 Å². The van der Waals surface area contributed by atoms with Crippen molar-refractivity contribution in [2.45, 2.75) is 26.7 Å². The van der Waals surface area contributed by atoms with Crippen LogP contribution in [0.3, 0.4) is 0 Å². The highest BCUT2D eigenvalue weighted by Crippen LogP contribution is 2.35. The predicted molar refractivity (Wildman–Crippen MR) is 83.7 cm³/mol. The van der Waals surface area contributed by atoms with E-state index in [-0.39, 0.29) is 0 Å². The third kappa shape index (κ3) is 1.80. The molecule has 3 rings (SSSR count). The fraction of sp³-hybridized carbons (Fsp3) is 0.312. The zero-order valence-electron chi connectivity index (χ0n) is 12.4. The molecule has 104 valence electrons. The maximum atomic E-state index is 5.75. The lowest BCUT2D eigenvalue weighted by Gasteiger charge is -2.06. The van der Waals surface area contributed by atoms with Crippen LogP contribution in [0.1, 0.15) is 31.0 Å². The van der Waals surface area contributed by atoms with Crippen LogP contribution in [0.5, 0.6) is 0 Å². The van der Waals surface area contributed by atoms with Crippen LogP contribution in [0.25, 0.3) is 22.2 Å². The summed E-state index contributed by atoms with van der Waals surface area (Å²) in [5.41, 5.74) is 11.7. The number of nitrogens with two attached hydrogens (primary N) is 1. The van der Waals surface area contributed by atoms with Crippen LogP contribution in [0.4, 0.5) is 5.82 Å². The summed E-state index contributed by atoms with van der Waals surface area (Å²) >= 11 is 0. The Balaban J connectivity index is 2.34. The molecule has 0 aliphatic rings. The fourth-order valence-electron chi connectivity index (χ4n) is 2.75. The Bertz CT molecular complexity index is 777. The Morgan fingerprint density at radius 3 is 2.60 bits per heavy atom. The van der Waals surface area contributed by atoms with Gasteiger partial charge in [0.15, 0.2) is 0 Å². The van der Waals surface area contributed by atoms with Gasteiger partial charge in [0.05, 0.1) is 5.69 Å². The zero-order valence-corrected chi connectivity index (χ0v) is 12.4. The van der Waals surface area contributed by atoms with Gasteiger partial charge in [0.2, 0.25) is 0 Å². The highest BCUT2D eigenvalue weighted by Gasteiger charge is 2.16. The van der Waals surface area contributed by atoms with Gasteiger partial charge in [-0.3, -0.25) is 5.10 Å². The summed E-state index contributed by atoms with van der Waals surface area (Å²) < 4.78 is 2.21. The van der Waals surface area contributed by atoms with E-state index in [2.05, 4.69) is 60.8 Å². The number of H-pyrrole nitrogens is 1. The first-order valence-corrected chi connectivity index (χ1v) is 6.89. The lowest BCUT2D eigenvalue weighted by molar-refractivity contribution is 0.867. The van der Waals surface area contributed by atoms with Gasteiger partial charge < -0.3 is 10.3 Å². The van der Waals surface area contributed by atoms with E-state index in [9.17, 15) is 0 Å². The zero-order chi connectivity index (χ0) is 14.4. The van der Waals surface area contributed by atoms with Crippen LogP contribution < -0.4 is 5.73 Å². The third-order valence-electron chi connectivity index (χ3n) is 4.05. The predicted octanol–water partition coefficient (Wildman–Crippen LogP) is 3.58. The van der Waals surface area contributed by atoms with Crippen LogP contribution >= 0.6 is 0 Å². The van der Waals surface area contributed by atoms with E-state index in [1.807, 2.05) is 6.07 Å². The Morgan fingerprint density at radius 2 is 2.00 bits per heavy atom. The molecule has 0 unspecified atom stereocenters. The highest BCUT2D eigenvalue weighted by molar-refractivity contribution is 5.97. The Morgan fingerprint density at radius 1 is 1.25 bits per heavy atom. The van der Waals surface area contributed by atoms with Gasteiger partial charge in [-0.1, -0.05) is 19.9 Å². The molecule has 0 atom stereocenters.